The molecule has 2 nitrogen and oxygen atoms in total. The van der Waals surface area contributed by atoms with Crippen molar-refractivity contribution in [2.75, 3.05) is 12.9 Å². The Morgan fingerprint density at radius 3 is 2.69 bits per heavy atom. The minimum Gasteiger partial charge on any atom is -0.466 e. The quantitative estimate of drug-likeness (QED) is 0.350. The molecule has 1 unspecified atom stereocenters. The number of carbonyl (C=O) groups excluding carboxylic acids is 1. The molecule has 0 radical (unpaired) electrons. The van der Waals surface area contributed by atoms with Crippen LogP contribution in [0.15, 0.2) is 12.2 Å². The third kappa shape index (κ3) is 8.84. The number of thioether (sulfide) groups is 1. The molecule has 0 aromatic carbocycles. The highest BCUT2D eigenvalue weighted by molar-refractivity contribution is 8.00. The van der Waals surface area contributed by atoms with Crippen molar-refractivity contribution in [1.29, 1.82) is 0 Å². The first kappa shape index (κ1) is 15.6. The number of hydrogen-bond donors (Lipinski definition) is 0. The van der Waals surface area contributed by atoms with Crippen molar-refractivity contribution in [3.8, 4) is 0 Å². The molecule has 0 spiro atoms. The second kappa shape index (κ2) is 11.1. The van der Waals surface area contributed by atoms with E-state index in [0.29, 0.717) is 0 Å². The monoisotopic (exact) mass is 244 g/mol. The van der Waals surface area contributed by atoms with Gasteiger partial charge in [-0.2, -0.15) is 11.8 Å². The highest BCUT2D eigenvalue weighted by Gasteiger charge is 2.04. The van der Waals surface area contributed by atoms with E-state index >= 15 is 0 Å². The number of methoxy groups -OCH3 is 1. The number of ether oxygens (including phenoxy) is 1. The van der Waals surface area contributed by atoms with Crippen LogP contribution >= 0.6 is 11.8 Å². The van der Waals surface area contributed by atoms with Gasteiger partial charge in [0.25, 0.3) is 0 Å². The average Bonchev–Trinajstić information content (AvgIpc) is 2.31. The Kier molecular flexibility index (Phi) is 10.8. The number of carbonyl (C=O) groups is 1. The van der Waals surface area contributed by atoms with Crippen molar-refractivity contribution in [2.24, 2.45) is 0 Å². The summed E-state index contributed by atoms with van der Waals surface area (Å²) in [5, 5.41) is 0.730. The van der Waals surface area contributed by atoms with Gasteiger partial charge < -0.3 is 4.74 Å². The molecule has 0 amide bonds. The maximum absolute atomic E-state index is 10.8. The fourth-order valence-electron chi connectivity index (χ4n) is 1.43. The largest absolute Gasteiger partial charge is 0.466 e. The fourth-order valence-corrected chi connectivity index (χ4v) is 2.48. The Balaban J connectivity index is 3.61. The van der Waals surface area contributed by atoms with Gasteiger partial charge in [-0.25, -0.2) is 4.79 Å². The normalized spacial score (nSPS) is 12.9. The zero-order chi connectivity index (χ0) is 12.2. The van der Waals surface area contributed by atoms with Gasteiger partial charge in [-0.3, -0.25) is 0 Å². The molecule has 0 saturated carbocycles. The van der Waals surface area contributed by atoms with E-state index in [0.717, 1.165) is 11.0 Å². The first-order chi connectivity index (χ1) is 7.74. The summed E-state index contributed by atoms with van der Waals surface area (Å²) in [5.74, 6) is 0.638. The van der Waals surface area contributed by atoms with Gasteiger partial charge in [-0.05, 0) is 12.8 Å². The molecule has 0 aliphatic rings. The number of hydrogen-bond acceptors (Lipinski definition) is 3. The molecule has 0 bridgehead atoms. The van der Waals surface area contributed by atoms with Crippen molar-refractivity contribution in [2.45, 2.75) is 51.2 Å². The van der Waals surface area contributed by atoms with E-state index in [-0.39, 0.29) is 5.97 Å². The van der Waals surface area contributed by atoms with Crippen molar-refractivity contribution >= 4 is 17.7 Å². The lowest BCUT2D eigenvalue weighted by atomic mass is 10.1. The summed E-state index contributed by atoms with van der Waals surface area (Å²) < 4.78 is 4.53. The molecule has 0 rings (SSSR count). The van der Waals surface area contributed by atoms with Crippen LogP contribution in [0.1, 0.15) is 46.0 Å². The van der Waals surface area contributed by atoms with Crippen LogP contribution in [-0.4, -0.2) is 24.1 Å². The molecule has 0 heterocycles. The molecule has 0 aromatic heterocycles. The molecular formula is C13H24O2S. The standard InChI is InChI=1S/C13H24O2S/c1-4-6-7-9-12(5-2)16-11-8-10-13(14)15-3/h8,10,12H,4-7,9,11H2,1-3H3. The molecule has 0 aliphatic heterocycles. The van der Waals surface area contributed by atoms with Crippen LogP contribution in [0.4, 0.5) is 0 Å². The lowest BCUT2D eigenvalue weighted by Gasteiger charge is -2.12. The minimum absolute atomic E-state index is 0.264. The number of unbranched alkanes of at least 4 members (excludes halogenated alkanes) is 2. The Hall–Kier alpha value is -0.440. The van der Waals surface area contributed by atoms with Gasteiger partial charge >= 0.3 is 5.97 Å². The van der Waals surface area contributed by atoms with Crippen molar-refractivity contribution in [3.05, 3.63) is 12.2 Å². The van der Waals surface area contributed by atoms with Gasteiger partial charge in [-0.1, -0.05) is 39.2 Å². The van der Waals surface area contributed by atoms with Crippen molar-refractivity contribution in [3.63, 3.8) is 0 Å². The molecule has 94 valence electrons. The first-order valence-corrected chi connectivity index (χ1v) is 7.15. The average molecular weight is 244 g/mol. The summed E-state index contributed by atoms with van der Waals surface area (Å²) in [6, 6.07) is 0. The Morgan fingerprint density at radius 2 is 2.12 bits per heavy atom. The zero-order valence-corrected chi connectivity index (χ0v) is 11.5. The maximum atomic E-state index is 10.8. The van der Waals surface area contributed by atoms with Gasteiger partial charge in [0.05, 0.1) is 7.11 Å². The molecular weight excluding hydrogens is 220 g/mol. The summed E-state index contributed by atoms with van der Waals surface area (Å²) >= 11 is 1.93. The lowest BCUT2D eigenvalue weighted by molar-refractivity contribution is -0.134. The van der Waals surface area contributed by atoms with E-state index in [9.17, 15) is 4.79 Å². The van der Waals surface area contributed by atoms with Gasteiger partial charge in [0.1, 0.15) is 0 Å². The van der Waals surface area contributed by atoms with Gasteiger partial charge in [0.15, 0.2) is 0 Å². The minimum atomic E-state index is -0.264. The molecule has 16 heavy (non-hydrogen) atoms. The topological polar surface area (TPSA) is 26.3 Å². The number of esters is 1. The molecule has 0 saturated heterocycles. The summed E-state index contributed by atoms with van der Waals surface area (Å²) in [6.45, 7) is 4.46. The smallest absolute Gasteiger partial charge is 0.330 e. The van der Waals surface area contributed by atoms with Crippen molar-refractivity contribution < 1.29 is 9.53 Å². The van der Waals surface area contributed by atoms with Crippen LogP contribution in [0, 0.1) is 0 Å². The van der Waals surface area contributed by atoms with E-state index in [1.807, 2.05) is 17.8 Å². The Bertz CT molecular complexity index is 202. The van der Waals surface area contributed by atoms with E-state index in [1.165, 1.54) is 45.3 Å². The Labute approximate surface area is 104 Å². The van der Waals surface area contributed by atoms with Gasteiger partial charge in [-0.15, -0.1) is 0 Å². The molecule has 0 aromatic rings. The lowest BCUT2D eigenvalue weighted by Crippen LogP contribution is -2.01. The molecule has 3 heteroatoms. The SMILES string of the molecule is CCCCCC(CC)SCC=CC(=O)OC. The first-order valence-electron chi connectivity index (χ1n) is 6.10. The Morgan fingerprint density at radius 1 is 1.38 bits per heavy atom. The van der Waals surface area contributed by atoms with Crippen LogP contribution in [0.2, 0.25) is 0 Å². The van der Waals surface area contributed by atoms with Gasteiger partial charge in [0.2, 0.25) is 0 Å². The summed E-state index contributed by atoms with van der Waals surface area (Å²) in [4.78, 5) is 10.8. The predicted molar refractivity (Wildman–Crippen MR) is 71.8 cm³/mol. The fraction of sp³-hybridized carbons (Fsp3) is 0.769. The molecule has 0 fully saturated rings. The third-order valence-electron chi connectivity index (χ3n) is 2.47. The van der Waals surface area contributed by atoms with Crippen molar-refractivity contribution in [1.82, 2.24) is 0 Å². The molecule has 0 aliphatic carbocycles. The maximum Gasteiger partial charge on any atom is 0.330 e. The van der Waals surface area contributed by atoms with Crippen LogP contribution in [0.25, 0.3) is 0 Å². The third-order valence-corrected chi connectivity index (χ3v) is 3.89. The zero-order valence-electron chi connectivity index (χ0n) is 10.7. The molecule has 1 atom stereocenters. The van der Waals surface area contributed by atoms with Crippen LogP contribution in [0.3, 0.4) is 0 Å². The highest BCUT2D eigenvalue weighted by Crippen LogP contribution is 2.20. The summed E-state index contributed by atoms with van der Waals surface area (Å²) in [5.41, 5.74) is 0. The van der Waals surface area contributed by atoms with Gasteiger partial charge in [0, 0.05) is 17.1 Å². The van der Waals surface area contributed by atoms with E-state index in [1.54, 1.807) is 0 Å². The summed E-state index contributed by atoms with van der Waals surface area (Å²) in [7, 11) is 1.40. The number of rotatable bonds is 9. The van der Waals surface area contributed by atoms with Crippen LogP contribution in [0.5, 0.6) is 0 Å². The van der Waals surface area contributed by atoms with Crippen LogP contribution < -0.4 is 0 Å². The van der Waals surface area contributed by atoms with E-state index < -0.39 is 0 Å². The van der Waals surface area contributed by atoms with E-state index in [4.69, 9.17) is 0 Å². The second-order valence-electron chi connectivity index (χ2n) is 3.78. The van der Waals surface area contributed by atoms with Crippen LogP contribution in [-0.2, 0) is 9.53 Å². The summed E-state index contributed by atoms with van der Waals surface area (Å²) in [6.07, 6.45) is 9.83. The second-order valence-corrected chi connectivity index (χ2v) is 5.12. The predicted octanol–water partition coefficient (Wildman–Crippen LogP) is 3.81. The van der Waals surface area contributed by atoms with E-state index in [2.05, 4.69) is 18.6 Å². The molecule has 0 N–H and O–H groups in total. The highest BCUT2D eigenvalue weighted by atomic mass is 32.2.